The number of nitrogens with zero attached hydrogens (tertiary/aromatic N) is 5. The lowest BCUT2D eigenvalue weighted by atomic mass is 9.33. The number of anilines is 12. The molecule has 6 heterocycles. The van der Waals surface area contributed by atoms with E-state index >= 15 is 0 Å². The Labute approximate surface area is 423 Å². The Balaban J connectivity index is 1.04. The molecule has 11 aromatic carbocycles. The van der Waals surface area contributed by atoms with Crippen molar-refractivity contribution in [1.29, 1.82) is 0 Å². The van der Waals surface area contributed by atoms with Crippen LogP contribution in [0.1, 0.15) is 0 Å². The number of rotatable bonds is 4. The molecule has 4 aliphatic rings. The van der Waals surface area contributed by atoms with Crippen LogP contribution in [0.5, 0.6) is 0 Å². The third-order valence-electron chi connectivity index (χ3n) is 16.4. The van der Waals surface area contributed by atoms with Crippen LogP contribution in [0.2, 0.25) is 0 Å². The molecule has 7 heteroatoms. The lowest BCUT2D eigenvalue weighted by Crippen LogP contribution is -2.61. The van der Waals surface area contributed by atoms with Gasteiger partial charge in [-0.2, -0.15) is 0 Å². The zero-order chi connectivity index (χ0) is 47.5. The minimum atomic E-state index is -0.0609. The van der Waals surface area contributed by atoms with E-state index < -0.39 is 0 Å². The van der Waals surface area contributed by atoms with E-state index in [0.717, 1.165) is 22.7 Å². The summed E-state index contributed by atoms with van der Waals surface area (Å²) in [6.45, 7) is -0.0896. The first-order chi connectivity index (χ1) is 36.3. The Morgan fingerprint density at radius 1 is 0.260 bits per heavy atom. The molecule has 0 unspecified atom stereocenters. The van der Waals surface area contributed by atoms with Gasteiger partial charge < -0.3 is 24.0 Å². The number of fused-ring (bicyclic) bond motifs is 16. The predicted octanol–water partition coefficient (Wildman–Crippen LogP) is 13.0. The molecular formula is C66H41B2N5. The Hall–Kier alpha value is -9.45. The molecule has 5 nitrogen and oxygen atoms in total. The molecule has 0 aliphatic carbocycles. The van der Waals surface area contributed by atoms with Gasteiger partial charge in [-0.1, -0.05) is 152 Å². The standard InChI is InChI=1S/C66H41B2N5/c1-5-21-42(22-6-1)69-53-33-17-14-30-49(53)67-51-41-48-46-39-40-59-63(65(46)73-52-32-16-13-29-47(52)60(64(48)73)66(51)72(45-27-11-4-12-28-45)58-38-20-35-55(69)61(58)67)68-50-31-15-18-34-54(50)70(43-23-7-2-8-24-43)56-36-19-37-57(62(56)68)71(59)44-25-9-3-10-26-44/h1-41H. The third kappa shape index (κ3) is 5.08. The summed E-state index contributed by atoms with van der Waals surface area (Å²) in [4.78, 5) is 10.1. The average Bonchev–Trinajstić information content (AvgIpc) is 3.98. The third-order valence-corrected chi connectivity index (χ3v) is 16.4. The van der Waals surface area contributed by atoms with E-state index in [9.17, 15) is 0 Å². The van der Waals surface area contributed by atoms with Crippen molar-refractivity contribution in [1.82, 2.24) is 4.40 Å². The second-order valence-electron chi connectivity index (χ2n) is 19.9. The summed E-state index contributed by atoms with van der Waals surface area (Å²) in [5.74, 6) is 0. The van der Waals surface area contributed by atoms with Gasteiger partial charge in [-0.15, -0.1) is 0 Å². The van der Waals surface area contributed by atoms with Gasteiger partial charge in [0.1, 0.15) is 0 Å². The van der Waals surface area contributed by atoms with Gasteiger partial charge in [-0.05, 0) is 130 Å². The fourth-order valence-corrected chi connectivity index (χ4v) is 13.8. The maximum atomic E-state index is 2.67. The van der Waals surface area contributed by atoms with Gasteiger partial charge in [0.2, 0.25) is 0 Å². The van der Waals surface area contributed by atoms with E-state index in [-0.39, 0.29) is 13.4 Å². The molecule has 4 aliphatic heterocycles. The van der Waals surface area contributed by atoms with Crippen LogP contribution in [-0.2, 0) is 0 Å². The normalized spacial score (nSPS) is 13.9. The number of hydrogen-bond donors (Lipinski definition) is 0. The summed E-state index contributed by atoms with van der Waals surface area (Å²) in [5.41, 5.74) is 25.9. The molecule has 13 aromatic rings. The number of benzene rings is 11. The van der Waals surface area contributed by atoms with E-state index in [1.54, 1.807) is 0 Å². The monoisotopic (exact) mass is 925 g/mol. The number of hydrogen-bond acceptors (Lipinski definition) is 4. The van der Waals surface area contributed by atoms with Crippen LogP contribution in [0.25, 0.3) is 38.1 Å². The summed E-state index contributed by atoms with van der Waals surface area (Å²) >= 11 is 0. The van der Waals surface area contributed by atoms with Gasteiger partial charge in [0, 0.05) is 84.1 Å². The number of para-hydroxylation sites is 7. The first-order valence-corrected chi connectivity index (χ1v) is 25.4. The highest BCUT2D eigenvalue weighted by Crippen LogP contribution is 2.52. The summed E-state index contributed by atoms with van der Waals surface area (Å²) < 4.78 is 2.67. The van der Waals surface area contributed by atoms with Crippen molar-refractivity contribution in [2.24, 2.45) is 0 Å². The van der Waals surface area contributed by atoms with E-state index in [1.807, 2.05) is 0 Å². The second kappa shape index (κ2) is 14.6. The van der Waals surface area contributed by atoms with Crippen LogP contribution in [0.3, 0.4) is 0 Å². The highest BCUT2D eigenvalue weighted by atomic mass is 15.2. The van der Waals surface area contributed by atoms with Gasteiger partial charge in [0.25, 0.3) is 13.4 Å². The second-order valence-corrected chi connectivity index (χ2v) is 19.9. The van der Waals surface area contributed by atoms with E-state index in [4.69, 9.17) is 0 Å². The molecule has 2 aromatic heterocycles. The average molecular weight is 926 g/mol. The highest BCUT2D eigenvalue weighted by Gasteiger charge is 2.47. The molecule has 0 saturated carbocycles. The van der Waals surface area contributed by atoms with Crippen LogP contribution < -0.4 is 52.4 Å². The van der Waals surface area contributed by atoms with Crippen molar-refractivity contribution in [3.63, 3.8) is 0 Å². The van der Waals surface area contributed by atoms with Gasteiger partial charge in [0.05, 0.1) is 22.2 Å². The minimum absolute atomic E-state index is 0.0287. The van der Waals surface area contributed by atoms with E-state index in [0.29, 0.717) is 0 Å². The maximum absolute atomic E-state index is 2.67. The zero-order valence-electron chi connectivity index (χ0n) is 39.6. The maximum Gasteiger partial charge on any atom is 0.254 e. The molecule has 336 valence electrons. The molecule has 0 amide bonds. The molecule has 0 saturated heterocycles. The summed E-state index contributed by atoms with van der Waals surface area (Å²) in [5, 5.41) is 5.09. The topological polar surface area (TPSA) is 17.4 Å². The minimum Gasteiger partial charge on any atom is -0.311 e. The van der Waals surface area contributed by atoms with Gasteiger partial charge in [0.15, 0.2) is 0 Å². The quantitative estimate of drug-likeness (QED) is 0.164. The lowest BCUT2D eigenvalue weighted by Gasteiger charge is -2.44. The SMILES string of the molecule is c1ccc(N2c3ccccc3B3c4c2cccc4N(c2ccccc2)c2ccc4c5cc6c(c7c8ccccc8n(c4c23)c57)N(c2ccccc2)c2cccc3c2B6c2ccccc2N3c2ccccc2)cc1. The van der Waals surface area contributed by atoms with Crippen molar-refractivity contribution in [2.75, 3.05) is 19.6 Å². The van der Waals surface area contributed by atoms with Gasteiger partial charge in [-0.25, -0.2) is 0 Å². The van der Waals surface area contributed by atoms with Crippen molar-refractivity contribution >= 4 is 153 Å². The molecule has 17 rings (SSSR count). The molecule has 0 atom stereocenters. The molecule has 0 bridgehead atoms. The first-order valence-electron chi connectivity index (χ1n) is 25.4. The van der Waals surface area contributed by atoms with E-state index in [1.165, 1.54) is 116 Å². The van der Waals surface area contributed by atoms with Crippen molar-refractivity contribution < 1.29 is 0 Å². The first kappa shape index (κ1) is 39.3. The van der Waals surface area contributed by atoms with Gasteiger partial charge >= 0.3 is 0 Å². The fourth-order valence-electron chi connectivity index (χ4n) is 13.8. The summed E-state index contributed by atoms with van der Waals surface area (Å²) in [7, 11) is 0. The molecule has 0 fully saturated rings. The Bertz CT molecular complexity index is 4410. The van der Waals surface area contributed by atoms with Crippen molar-refractivity contribution in [3.05, 3.63) is 249 Å². The predicted molar refractivity (Wildman–Crippen MR) is 309 cm³/mol. The summed E-state index contributed by atoms with van der Waals surface area (Å²) in [6, 6.07) is 92.6. The lowest BCUT2D eigenvalue weighted by molar-refractivity contribution is 1.25. The molecule has 0 spiro atoms. The Morgan fingerprint density at radius 3 is 1.26 bits per heavy atom. The molecule has 0 radical (unpaired) electrons. The van der Waals surface area contributed by atoms with Crippen LogP contribution in [0.4, 0.5) is 68.2 Å². The smallest absolute Gasteiger partial charge is 0.254 e. The number of aromatic nitrogens is 1. The van der Waals surface area contributed by atoms with Gasteiger partial charge in [-0.3, -0.25) is 0 Å². The zero-order valence-corrected chi connectivity index (χ0v) is 39.6. The van der Waals surface area contributed by atoms with E-state index in [2.05, 4.69) is 273 Å². The largest absolute Gasteiger partial charge is 0.311 e. The molecule has 73 heavy (non-hydrogen) atoms. The van der Waals surface area contributed by atoms with Crippen LogP contribution in [0.15, 0.2) is 249 Å². The Kier molecular flexibility index (Phi) is 7.84. The van der Waals surface area contributed by atoms with Crippen LogP contribution in [-0.4, -0.2) is 17.8 Å². The molecule has 0 N–H and O–H groups in total. The Morgan fingerprint density at radius 2 is 0.685 bits per heavy atom. The van der Waals surface area contributed by atoms with Crippen molar-refractivity contribution in [3.8, 4) is 0 Å². The van der Waals surface area contributed by atoms with Crippen LogP contribution in [0, 0.1) is 0 Å². The summed E-state index contributed by atoms with van der Waals surface area (Å²) in [6.07, 6.45) is 0. The fraction of sp³-hybridized carbons (Fsp3) is 0. The highest BCUT2D eigenvalue weighted by molar-refractivity contribution is 7.02. The van der Waals surface area contributed by atoms with Crippen LogP contribution >= 0.6 is 0 Å². The molecular weight excluding hydrogens is 884 g/mol. The van der Waals surface area contributed by atoms with Crippen molar-refractivity contribution in [2.45, 2.75) is 0 Å².